The van der Waals surface area contributed by atoms with Crippen molar-refractivity contribution in [1.29, 1.82) is 5.26 Å². The number of anilines is 1. The molecule has 0 radical (unpaired) electrons. The van der Waals surface area contributed by atoms with Gasteiger partial charge in [-0.2, -0.15) is 5.26 Å². The number of nitrogens with one attached hydrogen (secondary N) is 1. The summed E-state index contributed by atoms with van der Waals surface area (Å²) in [5, 5.41) is 24.4. The summed E-state index contributed by atoms with van der Waals surface area (Å²) < 4.78 is 7.02. The van der Waals surface area contributed by atoms with E-state index in [9.17, 15) is 10.4 Å². The molecule has 0 aliphatic carbocycles. The molecule has 144 valence electrons. The minimum absolute atomic E-state index is 0.00930. The van der Waals surface area contributed by atoms with Crippen LogP contribution in [0.25, 0.3) is 27.8 Å². The van der Waals surface area contributed by atoms with Gasteiger partial charge in [-0.1, -0.05) is 17.7 Å². The van der Waals surface area contributed by atoms with Gasteiger partial charge in [0.1, 0.15) is 17.0 Å². The van der Waals surface area contributed by atoms with Gasteiger partial charge in [-0.3, -0.25) is 0 Å². The van der Waals surface area contributed by atoms with Crippen LogP contribution in [0.2, 0.25) is 5.02 Å². The summed E-state index contributed by atoms with van der Waals surface area (Å²) in [6.45, 7) is 1.90. The van der Waals surface area contributed by atoms with Crippen molar-refractivity contribution >= 4 is 28.5 Å². The zero-order valence-corrected chi connectivity index (χ0v) is 16.4. The first kappa shape index (κ1) is 18.6. The van der Waals surface area contributed by atoms with Crippen LogP contribution in [0, 0.1) is 18.3 Å². The topological polar surface area (TPSA) is 112 Å². The number of aromatic hydroxyl groups is 1. The Morgan fingerprint density at radius 2 is 1.97 bits per heavy atom. The first-order chi connectivity index (χ1) is 13.9. The highest BCUT2D eigenvalue weighted by Gasteiger charge is 2.28. The van der Waals surface area contributed by atoms with Crippen molar-refractivity contribution in [3.63, 3.8) is 0 Å². The molecule has 2 heterocycles. The number of phenols is 1. The Morgan fingerprint density at radius 1 is 1.24 bits per heavy atom. The van der Waals surface area contributed by atoms with Crippen molar-refractivity contribution in [2.75, 3.05) is 12.8 Å². The zero-order chi connectivity index (χ0) is 20.7. The third-order valence-corrected chi connectivity index (χ3v) is 4.99. The number of benzene rings is 2. The molecule has 29 heavy (non-hydrogen) atoms. The Morgan fingerprint density at radius 3 is 2.62 bits per heavy atom. The second kappa shape index (κ2) is 7.00. The van der Waals surface area contributed by atoms with Gasteiger partial charge in [0.25, 0.3) is 5.82 Å². The molecule has 0 saturated carbocycles. The number of fused-ring (bicyclic) bond motifs is 1. The fourth-order valence-electron chi connectivity index (χ4n) is 3.40. The van der Waals surface area contributed by atoms with E-state index in [1.807, 2.05) is 19.1 Å². The predicted octanol–water partition coefficient (Wildman–Crippen LogP) is 3.64. The van der Waals surface area contributed by atoms with Crippen molar-refractivity contribution in [3.8, 4) is 34.4 Å². The number of ether oxygens (including phenoxy) is 1. The molecule has 2 aromatic heterocycles. The largest absolute Gasteiger partial charge is 0.504 e. The SMILES string of the molecule is COc1cc(-c2c(C#N)c(N)nc3c2c(C)[nH][n+]3-c2ccc(Cl)cc2)ccc1O. The van der Waals surface area contributed by atoms with Crippen molar-refractivity contribution in [3.05, 3.63) is 58.7 Å². The molecule has 4 rings (SSSR count). The van der Waals surface area contributed by atoms with Crippen LogP contribution in [0.15, 0.2) is 42.5 Å². The molecular weight excluding hydrogens is 390 g/mol. The van der Waals surface area contributed by atoms with E-state index in [1.165, 1.54) is 13.2 Å². The number of halogens is 1. The van der Waals surface area contributed by atoms with Gasteiger partial charge in [-0.25, -0.2) is 5.10 Å². The molecule has 0 unspecified atom stereocenters. The van der Waals surface area contributed by atoms with Gasteiger partial charge in [0.2, 0.25) is 0 Å². The van der Waals surface area contributed by atoms with E-state index < -0.39 is 0 Å². The summed E-state index contributed by atoms with van der Waals surface area (Å²) in [5.74, 6) is 0.424. The number of aromatic nitrogens is 3. The fourth-order valence-corrected chi connectivity index (χ4v) is 3.52. The summed E-state index contributed by atoms with van der Waals surface area (Å²) >= 11 is 6.01. The van der Waals surface area contributed by atoms with E-state index in [-0.39, 0.29) is 17.1 Å². The molecule has 0 fully saturated rings. The summed E-state index contributed by atoms with van der Waals surface area (Å²) in [4.78, 5) is 4.49. The Balaban J connectivity index is 2.09. The van der Waals surface area contributed by atoms with E-state index in [0.717, 1.165) is 16.8 Å². The molecule has 0 bridgehead atoms. The number of hydrogen-bond donors (Lipinski definition) is 3. The number of nitrogen functional groups attached to an aromatic ring is 1. The number of H-pyrrole nitrogens is 1. The number of nitrogens with two attached hydrogens (primary N) is 1. The predicted molar refractivity (Wildman–Crippen MR) is 110 cm³/mol. The summed E-state index contributed by atoms with van der Waals surface area (Å²) in [5.41, 5.74) is 9.91. The highest BCUT2D eigenvalue weighted by molar-refractivity contribution is 6.30. The number of nitrogens with zero attached hydrogens (tertiary/aromatic N) is 3. The van der Waals surface area contributed by atoms with Crippen LogP contribution < -0.4 is 15.2 Å². The molecule has 0 aliphatic rings. The minimum atomic E-state index is 0.00930. The van der Waals surface area contributed by atoms with E-state index in [4.69, 9.17) is 22.1 Å². The smallest absolute Gasteiger partial charge is 0.359 e. The van der Waals surface area contributed by atoms with Gasteiger partial charge in [0, 0.05) is 10.6 Å². The lowest BCUT2D eigenvalue weighted by molar-refractivity contribution is -0.632. The lowest BCUT2D eigenvalue weighted by Crippen LogP contribution is -2.33. The maximum Gasteiger partial charge on any atom is 0.359 e. The Kier molecular flexibility index (Phi) is 4.49. The average molecular weight is 407 g/mol. The van der Waals surface area contributed by atoms with Crippen LogP contribution in [0.5, 0.6) is 11.5 Å². The Labute approximate surface area is 171 Å². The van der Waals surface area contributed by atoms with E-state index in [0.29, 0.717) is 27.5 Å². The maximum absolute atomic E-state index is 9.96. The van der Waals surface area contributed by atoms with E-state index in [2.05, 4.69) is 16.2 Å². The summed E-state index contributed by atoms with van der Waals surface area (Å²) in [7, 11) is 1.47. The number of phenolic OH excluding ortho intramolecular Hbond substituents is 1. The number of pyridine rings is 1. The van der Waals surface area contributed by atoms with Crippen LogP contribution in [0.3, 0.4) is 0 Å². The summed E-state index contributed by atoms with van der Waals surface area (Å²) in [6.07, 6.45) is 0. The molecule has 0 saturated heterocycles. The van der Waals surface area contributed by atoms with Crippen LogP contribution in [-0.4, -0.2) is 22.3 Å². The molecular formula is C21H17ClN5O2+. The molecule has 2 aromatic carbocycles. The van der Waals surface area contributed by atoms with E-state index >= 15 is 0 Å². The standard InChI is InChI=1S/C21H16ClN5O2/c1-11-18-19(12-3-8-16(28)17(9-12)29-2)15(10-23)20(24)25-21(18)27(26-11)14-6-4-13(22)5-7-14/h3-9H,1-2H3,(H3,24,25,26,28)/p+1. The van der Waals surface area contributed by atoms with Gasteiger partial charge in [0.05, 0.1) is 12.8 Å². The van der Waals surface area contributed by atoms with Gasteiger partial charge in [-0.05, 0) is 53.9 Å². The molecule has 0 amide bonds. The Bertz CT molecular complexity index is 1290. The second-order valence-electron chi connectivity index (χ2n) is 6.49. The zero-order valence-electron chi connectivity index (χ0n) is 15.7. The number of rotatable bonds is 3. The van der Waals surface area contributed by atoms with Crippen molar-refractivity contribution < 1.29 is 14.5 Å². The third kappa shape index (κ3) is 3.00. The molecule has 0 atom stereocenters. The normalized spacial score (nSPS) is 10.8. The highest BCUT2D eigenvalue weighted by atomic mass is 35.5. The Hall–Kier alpha value is -3.76. The molecule has 4 N–H and O–H groups in total. The van der Waals surface area contributed by atoms with Crippen LogP contribution in [0.1, 0.15) is 11.3 Å². The number of nitriles is 1. The van der Waals surface area contributed by atoms with Crippen LogP contribution in [-0.2, 0) is 0 Å². The van der Waals surface area contributed by atoms with Crippen molar-refractivity contribution in [2.24, 2.45) is 0 Å². The average Bonchev–Trinajstić information content (AvgIpc) is 3.04. The van der Waals surface area contributed by atoms with Crippen molar-refractivity contribution in [1.82, 2.24) is 10.1 Å². The quantitative estimate of drug-likeness (QED) is 0.450. The van der Waals surface area contributed by atoms with Crippen LogP contribution in [0.4, 0.5) is 5.82 Å². The third-order valence-electron chi connectivity index (χ3n) is 4.74. The molecule has 0 aliphatic heterocycles. The van der Waals surface area contributed by atoms with Gasteiger partial charge >= 0.3 is 5.65 Å². The van der Waals surface area contributed by atoms with Crippen molar-refractivity contribution in [2.45, 2.75) is 6.92 Å². The molecule has 7 nitrogen and oxygen atoms in total. The minimum Gasteiger partial charge on any atom is -0.504 e. The lowest BCUT2D eigenvalue weighted by atomic mass is 9.96. The number of methoxy groups -OCH3 is 1. The van der Waals surface area contributed by atoms with Gasteiger partial charge in [-0.15, -0.1) is 4.68 Å². The van der Waals surface area contributed by atoms with Crippen LogP contribution >= 0.6 is 11.6 Å². The number of aromatic amines is 1. The fraction of sp³-hybridized carbons (Fsp3) is 0.0952. The first-order valence-electron chi connectivity index (χ1n) is 8.71. The number of hydrogen-bond acceptors (Lipinski definition) is 5. The summed E-state index contributed by atoms with van der Waals surface area (Å²) in [6, 6.07) is 14.3. The first-order valence-corrected chi connectivity index (χ1v) is 9.09. The van der Waals surface area contributed by atoms with Gasteiger partial charge < -0.3 is 15.6 Å². The highest BCUT2D eigenvalue weighted by Crippen LogP contribution is 2.38. The monoisotopic (exact) mass is 406 g/mol. The molecule has 0 spiro atoms. The van der Waals surface area contributed by atoms with E-state index in [1.54, 1.807) is 28.9 Å². The molecule has 4 aromatic rings. The number of aryl methyl sites for hydroxylation is 1. The molecule has 8 heteroatoms. The van der Waals surface area contributed by atoms with Gasteiger partial charge in [0.15, 0.2) is 17.2 Å². The maximum atomic E-state index is 9.96. The second-order valence-corrected chi connectivity index (χ2v) is 6.93. The lowest BCUT2D eigenvalue weighted by Gasteiger charge is -2.09.